The Morgan fingerprint density at radius 1 is 1.11 bits per heavy atom. The van der Waals surface area contributed by atoms with Gasteiger partial charge in [0.15, 0.2) is 0 Å². The van der Waals surface area contributed by atoms with Gasteiger partial charge in [0.05, 0.1) is 16.1 Å². The molecule has 2 aromatic carbocycles. The van der Waals surface area contributed by atoms with Crippen molar-refractivity contribution in [2.45, 2.75) is 19.4 Å². The van der Waals surface area contributed by atoms with E-state index in [-0.39, 0.29) is 6.04 Å². The van der Waals surface area contributed by atoms with Gasteiger partial charge in [0.2, 0.25) is 0 Å². The molecular formula is C15H15Cl2N. The van der Waals surface area contributed by atoms with E-state index in [4.69, 9.17) is 28.9 Å². The first-order chi connectivity index (χ1) is 8.63. The van der Waals surface area contributed by atoms with Gasteiger partial charge in [-0.25, -0.2) is 0 Å². The Bertz CT molecular complexity index is 552. The summed E-state index contributed by atoms with van der Waals surface area (Å²) in [5, 5.41) is 1.07. The topological polar surface area (TPSA) is 26.0 Å². The van der Waals surface area contributed by atoms with E-state index in [0.29, 0.717) is 10.0 Å². The second-order valence-corrected chi connectivity index (χ2v) is 5.00. The highest BCUT2D eigenvalue weighted by Gasteiger charge is 2.14. The van der Waals surface area contributed by atoms with Gasteiger partial charge in [-0.3, -0.25) is 0 Å². The third-order valence-corrected chi connectivity index (χ3v) is 3.87. The molecule has 1 unspecified atom stereocenters. The SMILES string of the molecule is CCc1cccc(C(N)c2cccc(Cl)c2Cl)c1. The van der Waals surface area contributed by atoms with Crippen LogP contribution in [0, 0.1) is 0 Å². The minimum Gasteiger partial charge on any atom is -0.320 e. The lowest BCUT2D eigenvalue weighted by Gasteiger charge is -2.15. The maximum absolute atomic E-state index is 6.27. The van der Waals surface area contributed by atoms with Crippen LogP contribution in [0.15, 0.2) is 42.5 Å². The second-order valence-electron chi connectivity index (χ2n) is 4.22. The highest BCUT2D eigenvalue weighted by Crippen LogP contribution is 2.32. The number of benzene rings is 2. The predicted octanol–water partition coefficient (Wildman–Crippen LogP) is 4.60. The maximum Gasteiger partial charge on any atom is 0.0643 e. The molecule has 18 heavy (non-hydrogen) atoms. The van der Waals surface area contributed by atoms with Crippen LogP contribution in [-0.2, 0) is 6.42 Å². The van der Waals surface area contributed by atoms with Crippen LogP contribution in [0.2, 0.25) is 10.0 Å². The smallest absolute Gasteiger partial charge is 0.0643 e. The molecule has 0 fully saturated rings. The van der Waals surface area contributed by atoms with Gasteiger partial charge in [0.25, 0.3) is 0 Å². The van der Waals surface area contributed by atoms with Crippen molar-refractivity contribution in [2.75, 3.05) is 0 Å². The molecule has 0 aliphatic carbocycles. The first kappa shape index (κ1) is 13.4. The summed E-state index contributed by atoms with van der Waals surface area (Å²) in [7, 11) is 0. The monoisotopic (exact) mass is 279 g/mol. The number of rotatable bonds is 3. The fraction of sp³-hybridized carbons (Fsp3) is 0.200. The number of hydrogen-bond acceptors (Lipinski definition) is 1. The standard InChI is InChI=1S/C15H15Cl2N/c1-2-10-5-3-6-11(9-10)15(18)12-7-4-8-13(16)14(12)17/h3-9,15H,2,18H2,1H3. The molecule has 94 valence electrons. The van der Waals surface area contributed by atoms with E-state index in [2.05, 4.69) is 19.1 Å². The Balaban J connectivity index is 2.41. The van der Waals surface area contributed by atoms with Crippen molar-refractivity contribution in [3.8, 4) is 0 Å². The normalized spacial score (nSPS) is 12.4. The van der Waals surface area contributed by atoms with Crippen molar-refractivity contribution in [1.29, 1.82) is 0 Å². The first-order valence-corrected chi connectivity index (χ1v) is 6.67. The van der Waals surface area contributed by atoms with Gasteiger partial charge >= 0.3 is 0 Å². The van der Waals surface area contributed by atoms with Crippen LogP contribution in [0.25, 0.3) is 0 Å². The van der Waals surface area contributed by atoms with Gasteiger partial charge in [-0.2, -0.15) is 0 Å². The van der Waals surface area contributed by atoms with Crippen LogP contribution in [0.1, 0.15) is 29.7 Å². The third kappa shape index (κ3) is 2.69. The molecule has 2 aromatic rings. The van der Waals surface area contributed by atoms with Crippen LogP contribution in [0.3, 0.4) is 0 Å². The van der Waals surface area contributed by atoms with E-state index in [1.165, 1.54) is 5.56 Å². The molecule has 0 heterocycles. The van der Waals surface area contributed by atoms with Crippen molar-refractivity contribution in [2.24, 2.45) is 5.73 Å². The molecule has 0 aromatic heterocycles. The Hall–Kier alpha value is -1.02. The van der Waals surface area contributed by atoms with Gasteiger partial charge in [0.1, 0.15) is 0 Å². The summed E-state index contributed by atoms with van der Waals surface area (Å²) in [5.41, 5.74) is 9.44. The molecule has 1 nitrogen and oxygen atoms in total. The van der Waals surface area contributed by atoms with E-state index in [9.17, 15) is 0 Å². The highest BCUT2D eigenvalue weighted by molar-refractivity contribution is 6.42. The number of aryl methyl sites for hydroxylation is 1. The summed E-state index contributed by atoms with van der Waals surface area (Å²) in [6.45, 7) is 2.12. The molecule has 0 amide bonds. The molecule has 3 heteroatoms. The lowest BCUT2D eigenvalue weighted by molar-refractivity contribution is 0.867. The molecular weight excluding hydrogens is 265 g/mol. The predicted molar refractivity (Wildman–Crippen MR) is 78.3 cm³/mol. The summed E-state index contributed by atoms with van der Waals surface area (Å²) in [5.74, 6) is 0. The minimum atomic E-state index is -0.248. The van der Waals surface area contributed by atoms with Crippen LogP contribution in [-0.4, -0.2) is 0 Å². The molecule has 0 aliphatic heterocycles. The van der Waals surface area contributed by atoms with Crippen molar-refractivity contribution < 1.29 is 0 Å². The van der Waals surface area contributed by atoms with Crippen molar-refractivity contribution in [1.82, 2.24) is 0 Å². The van der Waals surface area contributed by atoms with E-state index >= 15 is 0 Å². The van der Waals surface area contributed by atoms with Crippen molar-refractivity contribution in [3.05, 3.63) is 69.2 Å². The van der Waals surface area contributed by atoms with Gasteiger partial charge in [-0.15, -0.1) is 0 Å². The molecule has 0 saturated carbocycles. The lowest BCUT2D eigenvalue weighted by Crippen LogP contribution is -2.12. The highest BCUT2D eigenvalue weighted by atomic mass is 35.5. The van der Waals surface area contributed by atoms with E-state index < -0.39 is 0 Å². The molecule has 1 atom stereocenters. The van der Waals surface area contributed by atoms with Gasteiger partial charge in [-0.1, -0.05) is 66.5 Å². The summed E-state index contributed by atoms with van der Waals surface area (Å²) >= 11 is 12.2. The van der Waals surface area contributed by atoms with E-state index in [1.54, 1.807) is 6.07 Å². The molecule has 0 radical (unpaired) electrons. The summed E-state index contributed by atoms with van der Waals surface area (Å²) in [4.78, 5) is 0. The average molecular weight is 280 g/mol. The van der Waals surface area contributed by atoms with Gasteiger partial charge in [0, 0.05) is 0 Å². The first-order valence-electron chi connectivity index (χ1n) is 5.91. The number of halogens is 2. The summed E-state index contributed by atoms with van der Waals surface area (Å²) in [6, 6.07) is 13.5. The molecule has 0 aliphatic rings. The molecule has 0 saturated heterocycles. The zero-order chi connectivity index (χ0) is 13.1. The van der Waals surface area contributed by atoms with E-state index in [1.807, 2.05) is 24.3 Å². The molecule has 0 spiro atoms. The Kier molecular flexibility index (Phi) is 4.28. The third-order valence-electron chi connectivity index (χ3n) is 3.03. The second kappa shape index (κ2) is 5.75. The van der Waals surface area contributed by atoms with E-state index in [0.717, 1.165) is 17.5 Å². The summed E-state index contributed by atoms with van der Waals surface area (Å²) < 4.78 is 0. The Morgan fingerprint density at radius 2 is 1.83 bits per heavy atom. The molecule has 0 bridgehead atoms. The van der Waals surface area contributed by atoms with Gasteiger partial charge in [-0.05, 0) is 29.2 Å². The van der Waals surface area contributed by atoms with Crippen molar-refractivity contribution in [3.63, 3.8) is 0 Å². The van der Waals surface area contributed by atoms with Gasteiger partial charge < -0.3 is 5.73 Å². The van der Waals surface area contributed by atoms with Crippen molar-refractivity contribution >= 4 is 23.2 Å². The summed E-state index contributed by atoms with van der Waals surface area (Å²) in [6.07, 6.45) is 0.990. The van der Waals surface area contributed by atoms with Crippen LogP contribution in [0.5, 0.6) is 0 Å². The zero-order valence-corrected chi connectivity index (χ0v) is 11.7. The number of hydrogen-bond donors (Lipinski definition) is 1. The zero-order valence-electron chi connectivity index (χ0n) is 10.2. The Morgan fingerprint density at radius 3 is 2.56 bits per heavy atom. The van der Waals surface area contributed by atoms with Crippen LogP contribution < -0.4 is 5.73 Å². The maximum atomic E-state index is 6.27. The fourth-order valence-electron chi connectivity index (χ4n) is 1.95. The van der Waals surface area contributed by atoms with Crippen LogP contribution >= 0.6 is 23.2 Å². The average Bonchev–Trinajstić information content (AvgIpc) is 2.41. The largest absolute Gasteiger partial charge is 0.320 e. The number of nitrogens with two attached hydrogens (primary N) is 1. The quantitative estimate of drug-likeness (QED) is 0.873. The molecule has 2 rings (SSSR count). The Labute approximate surface area is 118 Å². The van der Waals surface area contributed by atoms with Crippen LogP contribution in [0.4, 0.5) is 0 Å². The minimum absolute atomic E-state index is 0.248. The lowest BCUT2D eigenvalue weighted by atomic mass is 9.97. The molecule has 2 N–H and O–H groups in total. The fourth-order valence-corrected chi connectivity index (χ4v) is 2.37.